The minimum Gasteiger partial charge on any atom is -0.355 e. The maximum Gasteiger partial charge on any atom is 0.237 e. The standard InChI is InChI=1S/C13H25N3O/c17-13(12-6-4-7-14-12)15-8-5-11-16-9-2-1-3-10-16/h12,14H,1-11H2,(H,15,17)/t12-/m0/s1. The second-order valence-corrected chi connectivity index (χ2v) is 5.20. The summed E-state index contributed by atoms with van der Waals surface area (Å²) in [6.07, 6.45) is 7.29. The van der Waals surface area contributed by atoms with Crippen molar-refractivity contribution in [3.05, 3.63) is 0 Å². The third-order valence-electron chi connectivity index (χ3n) is 3.78. The van der Waals surface area contributed by atoms with Crippen molar-refractivity contribution in [3.63, 3.8) is 0 Å². The lowest BCUT2D eigenvalue weighted by molar-refractivity contribution is -0.122. The number of hydrogen-bond donors (Lipinski definition) is 2. The van der Waals surface area contributed by atoms with Crippen molar-refractivity contribution >= 4 is 5.91 Å². The van der Waals surface area contributed by atoms with Crippen LogP contribution in [0.15, 0.2) is 0 Å². The molecule has 0 unspecified atom stereocenters. The second kappa shape index (κ2) is 6.97. The summed E-state index contributed by atoms with van der Waals surface area (Å²) in [7, 11) is 0. The van der Waals surface area contributed by atoms with Gasteiger partial charge in [-0.15, -0.1) is 0 Å². The number of rotatable bonds is 5. The molecule has 0 aromatic rings. The molecule has 98 valence electrons. The van der Waals surface area contributed by atoms with Crippen LogP contribution in [0, 0.1) is 0 Å². The van der Waals surface area contributed by atoms with Gasteiger partial charge in [-0.2, -0.15) is 0 Å². The Morgan fingerprint density at radius 2 is 2.06 bits per heavy atom. The van der Waals surface area contributed by atoms with Crippen LogP contribution < -0.4 is 10.6 Å². The van der Waals surface area contributed by atoms with Gasteiger partial charge in [0.05, 0.1) is 6.04 Å². The van der Waals surface area contributed by atoms with Gasteiger partial charge in [-0.25, -0.2) is 0 Å². The fraction of sp³-hybridized carbons (Fsp3) is 0.923. The highest BCUT2D eigenvalue weighted by atomic mass is 16.2. The summed E-state index contributed by atoms with van der Waals surface area (Å²) in [6, 6.07) is 0.0741. The van der Waals surface area contributed by atoms with E-state index in [1.54, 1.807) is 0 Å². The molecule has 2 saturated heterocycles. The molecule has 2 aliphatic heterocycles. The number of nitrogens with one attached hydrogen (secondary N) is 2. The molecule has 0 radical (unpaired) electrons. The third kappa shape index (κ3) is 4.28. The smallest absolute Gasteiger partial charge is 0.237 e. The molecule has 0 spiro atoms. The number of nitrogens with zero attached hydrogens (tertiary/aromatic N) is 1. The van der Waals surface area contributed by atoms with Gasteiger partial charge in [0.15, 0.2) is 0 Å². The van der Waals surface area contributed by atoms with E-state index < -0.39 is 0 Å². The van der Waals surface area contributed by atoms with Crippen LogP contribution in [0.5, 0.6) is 0 Å². The molecule has 2 rings (SSSR count). The Labute approximate surface area is 104 Å². The Balaban J connectivity index is 1.51. The first-order chi connectivity index (χ1) is 8.36. The number of carbonyl (C=O) groups excluding carboxylic acids is 1. The predicted molar refractivity (Wildman–Crippen MR) is 68.9 cm³/mol. The summed E-state index contributed by atoms with van der Waals surface area (Å²) < 4.78 is 0. The van der Waals surface area contributed by atoms with E-state index in [0.717, 1.165) is 38.9 Å². The zero-order valence-corrected chi connectivity index (χ0v) is 10.7. The summed E-state index contributed by atoms with van der Waals surface area (Å²) >= 11 is 0. The van der Waals surface area contributed by atoms with Crippen LogP contribution >= 0.6 is 0 Å². The minimum absolute atomic E-state index is 0.0741. The van der Waals surface area contributed by atoms with E-state index >= 15 is 0 Å². The fourth-order valence-corrected chi connectivity index (χ4v) is 2.73. The highest BCUT2D eigenvalue weighted by Crippen LogP contribution is 2.08. The summed E-state index contributed by atoms with van der Waals surface area (Å²) in [6.45, 7) is 5.45. The van der Waals surface area contributed by atoms with Crippen molar-refractivity contribution in [2.24, 2.45) is 0 Å². The van der Waals surface area contributed by atoms with Crippen LogP contribution in [0.4, 0.5) is 0 Å². The minimum atomic E-state index is 0.0741. The normalized spacial score (nSPS) is 26.0. The molecular weight excluding hydrogens is 214 g/mol. The summed E-state index contributed by atoms with van der Waals surface area (Å²) in [5, 5.41) is 6.26. The van der Waals surface area contributed by atoms with E-state index in [1.165, 1.54) is 32.4 Å². The molecule has 1 amide bonds. The largest absolute Gasteiger partial charge is 0.355 e. The molecule has 0 aromatic heterocycles. The van der Waals surface area contributed by atoms with Crippen molar-refractivity contribution in [3.8, 4) is 0 Å². The Bertz CT molecular complexity index is 233. The molecule has 4 heteroatoms. The molecule has 0 saturated carbocycles. The van der Waals surface area contributed by atoms with E-state index in [4.69, 9.17) is 0 Å². The highest BCUT2D eigenvalue weighted by Gasteiger charge is 2.21. The Hall–Kier alpha value is -0.610. The van der Waals surface area contributed by atoms with Crippen LogP contribution in [-0.2, 0) is 4.79 Å². The first-order valence-electron chi connectivity index (χ1n) is 7.10. The summed E-state index contributed by atoms with van der Waals surface area (Å²) in [4.78, 5) is 14.2. The van der Waals surface area contributed by atoms with Crippen LogP contribution in [0.1, 0.15) is 38.5 Å². The van der Waals surface area contributed by atoms with E-state index in [-0.39, 0.29) is 11.9 Å². The van der Waals surface area contributed by atoms with Crippen molar-refractivity contribution in [2.75, 3.05) is 32.7 Å². The molecule has 2 heterocycles. The molecular formula is C13H25N3O. The van der Waals surface area contributed by atoms with Crippen molar-refractivity contribution in [1.29, 1.82) is 0 Å². The SMILES string of the molecule is O=C(NCCCN1CCCCC1)[C@@H]1CCCN1. The van der Waals surface area contributed by atoms with Crippen molar-refractivity contribution < 1.29 is 4.79 Å². The van der Waals surface area contributed by atoms with Crippen molar-refractivity contribution in [1.82, 2.24) is 15.5 Å². The van der Waals surface area contributed by atoms with Gasteiger partial charge in [-0.1, -0.05) is 6.42 Å². The number of piperidine rings is 1. The average Bonchev–Trinajstić information content (AvgIpc) is 2.89. The number of hydrogen-bond acceptors (Lipinski definition) is 3. The van der Waals surface area contributed by atoms with Gasteiger partial charge in [0.2, 0.25) is 5.91 Å². The summed E-state index contributed by atoms with van der Waals surface area (Å²) in [5.74, 6) is 0.196. The fourth-order valence-electron chi connectivity index (χ4n) is 2.73. The van der Waals surface area contributed by atoms with Crippen LogP contribution in [-0.4, -0.2) is 49.6 Å². The van der Waals surface area contributed by atoms with Crippen LogP contribution in [0.25, 0.3) is 0 Å². The molecule has 2 fully saturated rings. The molecule has 2 N–H and O–H groups in total. The van der Waals surface area contributed by atoms with E-state index in [9.17, 15) is 4.79 Å². The number of carbonyl (C=O) groups is 1. The van der Waals surface area contributed by atoms with Gasteiger partial charge in [0.25, 0.3) is 0 Å². The van der Waals surface area contributed by atoms with Crippen molar-refractivity contribution in [2.45, 2.75) is 44.6 Å². The lowest BCUT2D eigenvalue weighted by Gasteiger charge is -2.26. The lowest BCUT2D eigenvalue weighted by Crippen LogP contribution is -2.41. The zero-order valence-electron chi connectivity index (χ0n) is 10.7. The molecule has 0 aliphatic carbocycles. The first kappa shape index (κ1) is 12.8. The number of amides is 1. The van der Waals surface area contributed by atoms with Gasteiger partial charge in [-0.3, -0.25) is 4.79 Å². The van der Waals surface area contributed by atoms with Gasteiger partial charge >= 0.3 is 0 Å². The van der Waals surface area contributed by atoms with E-state index in [2.05, 4.69) is 15.5 Å². The Morgan fingerprint density at radius 3 is 2.76 bits per heavy atom. The Morgan fingerprint density at radius 1 is 1.24 bits per heavy atom. The van der Waals surface area contributed by atoms with Gasteiger partial charge in [0, 0.05) is 6.54 Å². The molecule has 1 atom stereocenters. The summed E-state index contributed by atoms with van der Waals surface area (Å²) in [5.41, 5.74) is 0. The first-order valence-corrected chi connectivity index (χ1v) is 7.10. The van der Waals surface area contributed by atoms with Crippen LogP contribution in [0.2, 0.25) is 0 Å². The highest BCUT2D eigenvalue weighted by molar-refractivity contribution is 5.81. The monoisotopic (exact) mass is 239 g/mol. The van der Waals surface area contributed by atoms with Crippen LogP contribution in [0.3, 0.4) is 0 Å². The Kier molecular flexibility index (Phi) is 5.26. The predicted octanol–water partition coefficient (Wildman–Crippen LogP) is 0.731. The van der Waals surface area contributed by atoms with E-state index in [1.807, 2.05) is 0 Å². The molecule has 4 nitrogen and oxygen atoms in total. The third-order valence-corrected chi connectivity index (χ3v) is 3.78. The molecule has 2 aliphatic rings. The zero-order chi connectivity index (χ0) is 11.9. The van der Waals surface area contributed by atoms with E-state index in [0.29, 0.717) is 0 Å². The maximum absolute atomic E-state index is 11.7. The van der Waals surface area contributed by atoms with Gasteiger partial charge < -0.3 is 15.5 Å². The molecule has 0 bridgehead atoms. The van der Waals surface area contributed by atoms with Gasteiger partial charge in [0.1, 0.15) is 0 Å². The van der Waals surface area contributed by atoms with Gasteiger partial charge in [-0.05, 0) is 58.3 Å². The molecule has 17 heavy (non-hydrogen) atoms. The lowest BCUT2D eigenvalue weighted by atomic mass is 10.1. The molecule has 0 aromatic carbocycles. The average molecular weight is 239 g/mol. The quantitative estimate of drug-likeness (QED) is 0.695. The second-order valence-electron chi connectivity index (χ2n) is 5.20. The topological polar surface area (TPSA) is 44.4 Å². The maximum atomic E-state index is 11.7. The number of likely N-dealkylation sites (tertiary alicyclic amines) is 1.